The Kier molecular flexibility index (Phi) is 6.44. The van der Waals surface area contributed by atoms with Crippen LogP contribution in [0.25, 0.3) is 0 Å². The number of hydrogen-bond donors (Lipinski definition) is 2. The molecule has 1 unspecified atom stereocenters. The molecule has 2 rings (SSSR count). The van der Waals surface area contributed by atoms with Gasteiger partial charge in [-0.1, -0.05) is 32.0 Å². The minimum absolute atomic E-state index is 0.0666. The fraction of sp³-hybridized carbons (Fsp3) is 0.600. The number of rotatable bonds is 6. The minimum atomic E-state index is -0.804. The molecule has 5 heteroatoms. The second-order valence-corrected chi connectivity index (χ2v) is 7.53. The lowest BCUT2D eigenvalue weighted by molar-refractivity contribution is -0.124. The summed E-state index contributed by atoms with van der Waals surface area (Å²) in [6.07, 6.45) is 2.03. The third-order valence-corrected chi connectivity index (χ3v) is 5.25. The predicted octanol–water partition coefficient (Wildman–Crippen LogP) is 2.93. The molecule has 5 nitrogen and oxygen atoms in total. The molecular formula is C20H30N4O. The third kappa shape index (κ3) is 5.20. The first-order valence-electron chi connectivity index (χ1n) is 9.11. The number of benzene rings is 1. The first-order valence-corrected chi connectivity index (χ1v) is 9.11. The van der Waals surface area contributed by atoms with Crippen LogP contribution < -0.4 is 10.6 Å². The second kappa shape index (κ2) is 8.35. The number of carbonyl (C=O) groups is 1. The summed E-state index contributed by atoms with van der Waals surface area (Å²) >= 11 is 0. The number of hydrogen-bond acceptors (Lipinski definition) is 4. The number of para-hydroxylation sites is 1. The molecule has 2 N–H and O–H groups in total. The summed E-state index contributed by atoms with van der Waals surface area (Å²) < 4.78 is 0. The molecule has 0 saturated carbocycles. The molecule has 1 aliphatic heterocycles. The number of carbonyl (C=O) groups excluding carboxylic acids is 1. The standard InChI is InChI=1S/C20H30N4O/c1-15(2)20(4,14-21)23-19(25)13-24-11-9-17(10-12-24)22-18-8-6-5-7-16(18)3/h5-8,15,17,22H,9-13H2,1-4H3,(H,23,25). The van der Waals surface area contributed by atoms with Crippen LogP contribution in [0.5, 0.6) is 0 Å². The van der Waals surface area contributed by atoms with Gasteiger partial charge in [-0.05, 0) is 44.2 Å². The van der Waals surface area contributed by atoms with Gasteiger partial charge in [0.25, 0.3) is 0 Å². The molecule has 0 aromatic heterocycles. The van der Waals surface area contributed by atoms with Crippen LogP contribution in [0.4, 0.5) is 5.69 Å². The molecule has 1 fully saturated rings. The number of nitrogens with zero attached hydrogens (tertiary/aromatic N) is 2. The molecule has 0 radical (unpaired) electrons. The zero-order chi connectivity index (χ0) is 18.4. The Morgan fingerprint density at radius 2 is 2.00 bits per heavy atom. The van der Waals surface area contributed by atoms with Crippen molar-refractivity contribution in [3.05, 3.63) is 29.8 Å². The Morgan fingerprint density at radius 3 is 2.56 bits per heavy atom. The first-order chi connectivity index (χ1) is 11.8. The highest BCUT2D eigenvalue weighted by Gasteiger charge is 2.31. The van der Waals surface area contributed by atoms with Gasteiger partial charge in [-0.15, -0.1) is 0 Å². The van der Waals surface area contributed by atoms with Gasteiger partial charge in [-0.25, -0.2) is 0 Å². The number of piperidine rings is 1. The van der Waals surface area contributed by atoms with Crippen molar-refractivity contribution in [2.24, 2.45) is 5.92 Å². The maximum atomic E-state index is 12.3. The van der Waals surface area contributed by atoms with Gasteiger partial charge in [-0.2, -0.15) is 5.26 Å². The summed E-state index contributed by atoms with van der Waals surface area (Å²) in [5.74, 6) is 0.00793. The molecule has 1 aliphatic rings. The average Bonchev–Trinajstić information content (AvgIpc) is 2.58. The Hall–Kier alpha value is -2.06. The number of nitriles is 1. The van der Waals surface area contributed by atoms with E-state index in [2.05, 4.69) is 46.7 Å². The lowest BCUT2D eigenvalue weighted by atomic mass is 9.90. The summed E-state index contributed by atoms with van der Waals surface area (Å²) in [7, 11) is 0. The summed E-state index contributed by atoms with van der Waals surface area (Å²) in [6, 6.07) is 11.0. The molecule has 1 heterocycles. The van der Waals surface area contributed by atoms with E-state index in [1.165, 1.54) is 11.3 Å². The summed E-state index contributed by atoms with van der Waals surface area (Å²) in [5, 5.41) is 15.8. The molecule has 1 aromatic carbocycles. The average molecular weight is 342 g/mol. The van der Waals surface area contributed by atoms with Crippen LogP contribution in [0, 0.1) is 24.2 Å². The van der Waals surface area contributed by atoms with Crippen LogP contribution in [0.2, 0.25) is 0 Å². The third-order valence-electron chi connectivity index (χ3n) is 5.25. The fourth-order valence-corrected chi connectivity index (χ4v) is 3.02. The zero-order valence-corrected chi connectivity index (χ0v) is 15.8. The Bertz CT molecular complexity index is 629. The largest absolute Gasteiger partial charge is 0.382 e. The molecule has 1 amide bonds. The van der Waals surface area contributed by atoms with E-state index in [0.717, 1.165) is 25.9 Å². The Balaban J connectivity index is 1.80. The highest BCUT2D eigenvalue weighted by molar-refractivity contribution is 5.79. The van der Waals surface area contributed by atoms with Crippen LogP contribution in [0.1, 0.15) is 39.2 Å². The monoisotopic (exact) mass is 342 g/mol. The SMILES string of the molecule is Cc1ccccc1NC1CCN(CC(=O)NC(C)(C#N)C(C)C)CC1. The molecule has 0 aliphatic carbocycles. The van der Waals surface area contributed by atoms with Gasteiger partial charge in [0.1, 0.15) is 5.54 Å². The molecule has 1 atom stereocenters. The topological polar surface area (TPSA) is 68.2 Å². The molecule has 0 bridgehead atoms. The fourth-order valence-electron chi connectivity index (χ4n) is 3.02. The van der Waals surface area contributed by atoms with Crippen molar-refractivity contribution in [3.63, 3.8) is 0 Å². The maximum Gasteiger partial charge on any atom is 0.235 e. The van der Waals surface area contributed by atoms with E-state index in [9.17, 15) is 10.1 Å². The normalized spacial score (nSPS) is 18.4. The van der Waals surface area contributed by atoms with Gasteiger partial charge in [0.15, 0.2) is 0 Å². The highest BCUT2D eigenvalue weighted by Crippen LogP contribution is 2.20. The summed E-state index contributed by atoms with van der Waals surface area (Å²) in [5.41, 5.74) is 1.65. The summed E-state index contributed by atoms with van der Waals surface area (Å²) in [4.78, 5) is 14.5. The van der Waals surface area contributed by atoms with E-state index < -0.39 is 5.54 Å². The Morgan fingerprint density at radius 1 is 1.36 bits per heavy atom. The summed E-state index contributed by atoms with van der Waals surface area (Å²) in [6.45, 7) is 9.94. The van der Waals surface area contributed by atoms with E-state index in [1.54, 1.807) is 6.92 Å². The van der Waals surface area contributed by atoms with Crippen LogP contribution in [-0.2, 0) is 4.79 Å². The van der Waals surface area contributed by atoms with Gasteiger partial charge < -0.3 is 10.6 Å². The molecule has 1 saturated heterocycles. The van der Waals surface area contributed by atoms with E-state index in [-0.39, 0.29) is 11.8 Å². The number of amides is 1. The van der Waals surface area contributed by atoms with E-state index in [4.69, 9.17) is 0 Å². The number of likely N-dealkylation sites (tertiary alicyclic amines) is 1. The Labute approximate surface area is 151 Å². The smallest absolute Gasteiger partial charge is 0.235 e. The predicted molar refractivity (Wildman–Crippen MR) is 101 cm³/mol. The van der Waals surface area contributed by atoms with Crippen LogP contribution in [0.15, 0.2) is 24.3 Å². The van der Waals surface area contributed by atoms with E-state index in [1.807, 2.05) is 19.9 Å². The van der Waals surface area contributed by atoms with Crippen molar-refractivity contribution in [2.75, 3.05) is 25.0 Å². The van der Waals surface area contributed by atoms with Crippen LogP contribution in [0.3, 0.4) is 0 Å². The van der Waals surface area contributed by atoms with Crippen molar-refractivity contribution in [1.82, 2.24) is 10.2 Å². The molecule has 136 valence electrons. The lowest BCUT2D eigenvalue weighted by Crippen LogP contribution is -2.52. The van der Waals surface area contributed by atoms with Gasteiger partial charge in [0.05, 0.1) is 12.6 Å². The van der Waals surface area contributed by atoms with Crippen molar-refractivity contribution in [1.29, 1.82) is 5.26 Å². The van der Waals surface area contributed by atoms with Gasteiger partial charge in [0, 0.05) is 24.8 Å². The quantitative estimate of drug-likeness (QED) is 0.834. The van der Waals surface area contributed by atoms with Gasteiger partial charge >= 0.3 is 0 Å². The van der Waals surface area contributed by atoms with Gasteiger partial charge in [0.2, 0.25) is 5.91 Å². The van der Waals surface area contributed by atoms with Gasteiger partial charge in [-0.3, -0.25) is 9.69 Å². The van der Waals surface area contributed by atoms with Crippen molar-refractivity contribution in [2.45, 2.75) is 52.1 Å². The maximum absolute atomic E-state index is 12.3. The van der Waals surface area contributed by atoms with E-state index >= 15 is 0 Å². The van der Waals surface area contributed by atoms with Crippen molar-refractivity contribution >= 4 is 11.6 Å². The van der Waals surface area contributed by atoms with E-state index in [0.29, 0.717) is 12.6 Å². The highest BCUT2D eigenvalue weighted by atomic mass is 16.2. The zero-order valence-electron chi connectivity index (χ0n) is 15.8. The minimum Gasteiger partial charge on any atom is -0.382 e. The van der Waals surface area contributed by atoms with Crippen molar-refractivity contribution < 1.29 is 4.79 Å². The second-order valence-electron chi connectivity index (χ2n) is 7.53. The first kappa shape index (κ1) is 19.3. The van der Waals surface area contributed by atoms with Crippen LogP contribution in [-0.4, -0.2) is 42.0 Å². The molecule has 25 heavy (non-hydrogen) atoms. The lowest BCUT2D eigenvalue weighted by Gasteiger charge is -2.34. The van der Waals surface area contributed by atoms with Crippen molar-refractivity contribution in [3.8, 4) is 6.07 Å². The number of anilines is 1. The molecule has 0 spiro atoms. The van der Waals surface area contributed by atoms with Crippen LogP contribution >= 0.6 is 0 Å². The molecular weight excluding hydrogens is 312 g/mol. The number of aryl methyl sites for hydroxylation is 1. The number of nitrogens with one attached hydrogen (secondary N) is 2. The molecule has 1 aromatic rings.